The largest absolute Gasteiger partial charge is 0.323 e. The van der Waals surface area contributed by atoms with Crippen LogP contribution in [-0.2, 0) is 4.79 Å². The molecule has 0 atom stereocenters. The summed E-state index contributed by atoms with van der Waals surface area (Å²) in [4.78, 5) is 20.3. The van der Waals surface area contributed by atoms with Gasteiger partial charge in [0.2, 0.25) is 5.91 Å². The summed E-state index contributed by atoms with van der Waals surface area (Å²) in [6, 6.07) is 10.6. The third-order valence-electron chi connectivity index (χ3n) is 2.87. The second-order valence-electron chi connectivity index (χ2n) is 4.22. The number of carbonyl (C=O) groups is 1. The highest BCUT2D eigenvalue weighted by molar-refractivity contribution is 6.36. The van der Waals surface area contributed by atoms with E-state index >= 15 is 0 Å². The molecule has 20 heavy (non-hydrogen) atoms. The van der Waals surface area contributed by atoms with E-state index in [4.69, 9.17) is 23.2 Å². The van der Waals surface area contributed by atoms with Gasteiger partial charge in [0.1, 0.15) is 17.4 Å². The number of carbonyl (C=O) groups excluding carboxylic acids is 1. The first-order valence-corrected chi connectivity index (χ1v) is 6.67. The molecule has 1 aliphatic rings. The van der Waals surface area contributed by atoms with Gasteiger partial charge in [-0.25, -0.2) is 4.98 Å². The molecule has 1 N–H and O–H groups in total. The maximum absolute atomic E-state index is 11.7. The zero-order valence-electron chi connectivity index (χ0n) is 10.2. The Hall–Kier alpha value is -1.91. The lowest BCUT2D eigenvalue weighted by Crippen LogP contribution is -2.13. The van der Waals surface area contributed by atoms with Gasteiger partial charge in [0.15, 0.2) is 0 Å². The van der Waals surface area contributed by atoms with Crippen LogP contribution in [0.25, 0.3) is 0 Å². The lowest BCUT2D eigenvalue weighted by Gasteiger charge is -2.10. The van der Waals surface area contributed by atoms with Crippen molar-refractivity contribution in [3.05, 3.63) is 57.8 Å². The van der Waals surface area contributed by atoms with E-state index in [2.05, 4.69) is 15.3 Å². The molecule has 4 nitrogen and oxygen atoms in total. The monoisotopic (exact) mass is 305 g/mol. The van der Waals surface area contributed by atoms with E-state index in [1.54, 1.807) is 18.2 Å². The van der Waals surface area contributed by atoms with Crippen molar-refractivity contribution in [2.75, 3.05) is 11.9 Å². The van der Waals surface area contributed by atoms with Gasteiger partial charge in [0, 0.05) is 5.56 Å². The number of hydrogen-bond acceptors (Lipinski definition) is 3. The minimum Gasteiger partial charge on any atom is -0.323 e. The number of nitrogens with zero attached hydrogens (tertiary/aromatic N) is 2. The number of rotatable bonds is 1. The maximum atomic E-state index is 11.7. The molecule has 6 heteroatoms. The first-order chi connectivity index (χ1) is 9.65. The molecular weight excluding hydrogens is 297 g/mol. The lowest BCUT2D eigenvalue weighted by molar-refractivity contribution is -0.114. The molecule has 0 spiro atoms. The number of amides is 1. The molecule has 0 unspecified atom stereocenters. The minimum absolute atomic E-state index is 0.0224. The van der Waals surface area contributed by atoms with Crippen LogP contribution in [-0.4, -0.2) is 23.1 Å². The van der Waals surface area contributed by atoms with Gasteiger partial charge in [-0.3, -0.25) is 9.79 Å². The molecule has 0 saturated heterocycles. The number of pyridine rings is 1. The minimum atomic E-state index is -0.197. The summed E-state index contributed by atoms with van der Waals surface area (Å²) in [5, 5.41) is 3.63. The Bertz CT molecular complexity index is 728. The molecule has 2 heterocycles. The van der Waals surface area contributed by atoms with Gasteiger partial charge >= 0.3 is 0 Å². The summed E-state index contributed by atoms with van der Waals surface area (Å²) in [7, 11) is 0. The van der Waals surface area contributed by atoms with Crippen LogP contribution >= 0.6 is 23.2 Å². The van der Waals surface area contributed by atoms with Crippen LogP contribution in [0.15, 0.2) is 41.4 Å². The second-order valence-corrected chi connectivity index (χ2v) is 5.02. The normalized spacial score (nSPS) is 14.1. The molecule has 0 bridgehead atoms. The fourth-order valence-corrected chi connectivity index (χ4v) is 2.37. The van der Waals surface area contributed by atoms with Crippen LogP contribution in [0.3, 0.4) is 0 Å². The summed E-state index contributed by atoms with van der Waals surface area (Å²) in [6.45, 7) is 0.0224. The summed E-state index contributed by atoms with van der Waals surface area (Å²) >= 11 is 12.2. The molecule has 0 radical (unpaired) electrons. The average Bonchev–Trinajstić information content (AvgIpc) is 2.58. The topological polar surface area (TPSA) is 54.4 Å². The molecule has 2 aromatic rings. The van der Waals surface area contributed by atoms with Gasteiger partial charge in [0.25, 0.3) is 0 Å². The van der Waals surface area contributed by atoms with E-state index in [0.717, 1.165) is 5.56 Å². The number of benzene rings is 1. The molecule has 1 aliphatic heterocycles. The molecule has 0 fully saturated rings. The zero-order valence-corrected chi connectivity index (χ0v) is 11.7. The Labute approximate surface area is 125 Å². The Balaban J connectivity index is 2.23. The molecule has 0 saturated carbocycles. The van der Waals surface area contributed by atoms with Crippen molar-refractivity contribution in [3.63, 3.8) is 0 Å². The highest BCUT2D eigenvalue weighted by atomic mass is 35.5. The summed E-state index contributed by atoms with van der Waals surface area (Å²) in [5.74, 6) is -0.197. The number of aromatic nitrogens is 1. The number of aliphatic imine (C=N–C) groups is 1. The van der Waals surface area contributed by atoms with Crippen LogP contribution in [0.1, 0.15) is 11.3 Å². The van der Waals surface area contributed by atoms with Crippen molar-refractivity contribution in [1.29, 1.82) is 0 Å². The van der Waals surface area contributed by atoms with E-state index in [9.17, 15) is 4.79 Å². The van der Waals surface area contributed by atoms with Gasteiger partial charge in [-0.2, -0.15) is 0 Å². The summed E-state index contributed by atoms with van der Waals surface area (Å²) in [6.07, 6.45) is 0. The molecule has 1 aromatic carbocycles. The Morgan fingerprint density at radius 2 is 1.90 bits per heavy atom. The van der Waals surface area contributed by atoms with E-state index in [1.807, 2.05) is 18.2 Å². The Morgan fingerprint density at radius 1 is 1.10 bits per heavy atom. The maximum Gasteiger partial charge on any atom is 0.246 e. The van der Waals surface area contributed by atoms with Crippen molar-refractivity contribution >= 4 is 40.5 Å². The van der Waals surface area contributed by atoms with E-state index in [0.29, 0.717) is 27.3 Å². The van der Waals surface area contributed by atoms with Gasteiger partial charge in [-0.1, -0.05) is 41.4 Å². The number of hydrogen-bond donors (Lipinski definition) is 1. The first kappa shape index (κ1) is 13.1. The lowest BCUT2D eigenvalue weighted by atomic mass is 10.1. The average molecular weight is 306 g/mol. The molecular formula is C14H9Cl2N3O. The fraction of sp³-hybridized carbons (Fsp3) is 0.0714. The molecule has 3 rings (SSSR count). The van der Waals surface area contributed by atoms with Crippen LogP contribution < -0.4 is 5.32 Å². The standard InChI is InChI=1S/C14H9Cl2N3O/c15-9-4-2-1-3-8(9)13-14-10(5-6-11(16)19-14)18-12(20)7-17-13/h1-6H,7H2,(H,18,20). The highest BCUT2D eigenvalue weighted by Gasteiger charge is 2.21. The van der Waals surface area contributed by atoms with Crippen molar-refractivity contribution in [3.8, 4) is 0 Å². The number of anilines is 1. The number of nitrogens with one attached hydrogen (secondary N) is 1. The van der Waals surface area contributed by atoms with Crippen LogP contribution in [0, 0.1) is 0 Å². The van der Waals surface area contributed by atoms with E-state index in [-0.39, 0.29) is 12.5 Å². The molecule has 0 aliphatic carbocycles. The summed E-state index contributed by atoms with van der Waals surface area (Å²) in [5.41, 5.74) is 2.39. The highest BCUT2D eigenvalue weighted by Crippen LogP contribution is 2.26. The van der Waals surface area contributed by atoms with Gasteiger partial charge < -0.3 is 5.32 Å². The summed E-state index contributed by atoms with van der Waals surface area (Å²) < 4.78 is 0. The Kier molecular flexibility index (Phi) is 3.42. The Morgan fingerprint density at radius 3 is 2.70 bits per heavy atom. The van der Waals surface area contributed by atoms with Crippen molar-refractivity contribution in [2.24, 2.45) is 4.99 Å². The number of fused-ring (bicyclic) bond motifs is 1. The first-order valence-electron chi connectivity index (χ1n) is 5.91. The van der Waals surface area contributed by atoms with Crippen LogP contribution in [0.2, 0.25) is 10.2 Å². The predicted molar refractivity (Wildman–Crippen MR) is 79.8 cm³/mol. The molecule has 100 valence electrons. The fourth-order valence-electron chi connectivity index (χ4n) is 2.00. The van der Waals surface area contributed by atoms with Crippen LogP contribution in [0.4, 0.5) is 5.69 Å². The zero-order chi connectivity index (χ0) is 14.1. The van der Waals surface area contributed by atoms with Gasteiger partial charge in [0.05, 0.1) is 16.4 Å². The van der Waals surface area contributed by atoms with Gasteiger partial charge in [-0.15, -0.1) is 0 Å². The van der Waals surface area contributed by atoms with E-state index in [1.165, 1.54) is 0 Å². The smallest absolute Gasteiger partial charge is 0.246 e. The van der Waals surface area contributed by atoms with Crippen molar-refractivity contribution in [1.82, 2.24) is 4.98 Å². The quantitative estimate of drug-likeness (QED) is 0.823. The third kappa shape index (κ3) is 2.40. The second kappa shape index (κ2) is 5.23. The molecule has 1 amide bonds. The van der Waals surface area contributed by atoms with Gasteiger partial charge in [-0.05, 0) is 18.2 Å². The SMILES string of the molecule is O=C1CN=C(c2ccccc2Cl)c2nc(Cl)ccc2N1. The van der Waals surface area contributed by atoms with Crippen molar-refractivity contribution in [2.45, 2.75) is 0 Å². The van der Waals surface area contributed by atoms with Crippen molar-refractivity contribution < 1.29 is 4.79 Å². The van der Waals surface area contributed by atoms with E-state index < -0.39 is 0 Å². The van der Waals surface area contributed by atoms with Crippen LogP contribution in [0.5, 0.6) is 0 Å². The third-order valence-corrected chi connectivity index (χ3v) is 3.41. The predicted octanol–water partition coefficient (Wildman–Crippen LogP) is 3.18. The number of halogens is 2. The molecule has 1 aromatic heterocycles.